The molecule has 0 radical (unpaired) electrons. The van der Waals surface area contributed by atoms with Crippen LogP contribution in [0.5, 0.6) is 0 Å². The van der Waals surface area contributed by atoms with Gasteiger partial charge in [0, 0.05) is 1.37 Å². The van der Waals surface area contributed by atoms with Gasteiger partial charge in [-0.15, -0.1) is 0 Å². The highest BCUT2D eigenvalue weighted by atomic mass is 15.1. The Labute approximate surface area is 53.1 Å². The van der Waals surface area contributed by atoms with E-state index in [1.165, 1.54) is 32.4 Å². The molecule has 1 aliphatic rings. The first-order valence-electron chi connectivity index (χ1n) is 4.16. The maximum atomic E-state index is 7.00. The van der Waals surface area contributed by atoms with E-state index >= 15 is 0 Å². The summed E-state index contributed by atoms with van der Waals surface area (Å²) in [5.74, 6) is 0. The molecule has 0 aromatic rings. The predicted molar refractivity (Wildman–Crippen MR) is 36.0 cm³/mol. The van der Waals surface area contributed by atoms with Crippen molar-refractivity contribution < 1.29 is 1.37 Å². The molecule has 1 nitrogen and oxygen atoms in total. The van der Waals surface area contributed by atoms with E-state index in [9.17, 15) is 0 Å². The number of hydrogen-bond acceptors (Lipinski definition) is 1. The number of rotatable bonds is 1. The molecule has 1 fully saturated rings. The average Bonchev–Trinajstić information content (AvgIpc) is 1.91. The molecule has 1 heterocycles. The SMILES string of the molecule is [2H]CCN1CCCCC1. The van der Waals surface area contributed by atoms with E-state index in [2.05, 4.69) is 4.90 Å². The Morgan fingerprint density at radius 2 is 2.12 bits per heavy atom. The summed E-state index contributed by atoms with van der Waals surface area (Å²) in [7, 11) is 0. The lowest BCUT2D eigenvalue weighted by atomic mass is 10.1. The van der Waals surface area contributed by atoms with Gasteiger partial charge in [0.15, 0.2) is 0 Å². The third kappa shape index (κ3) is 1.48. The van der Waals surface area contributed by atoms with Crippen molar-refractivity contribution in [1.82, 2.24) is 4.90 Å². The molecule has 0 aromatic heterocycles. The van der Waals surface area contributed by atoms with Crippen LogP contribution in [-0.4, -0.2) is 24.5 Å². The van der Waals surface area contributed by atoms with Gasteiger partial charge in [-0.25, -0.2) is 0 Å². The lowest BCUT2D eigenvalue weighted by molar-refractivity contribution is 0.240. The van der Waals surface area contributed by atoms with E-state index in [1.54, 1.807) is 0 Å². The average molecular weight is 114 g/mol. The minimum atomic E-state index is 0.569. The molecule has 0 atom stereocenters. The van der Waals surface area contributed by atoms with E-state index < -0.39 is 0 Å². The fraction of sp³-hybridized carbons (Fsp3) is 1.00. The molecule has 48 valence electrons. The van der Waals surface area contributed by atoms with Crippen molar-refractivity contribution in [3.63, 3.8) is 0 Å². The van der Waals surface area contributed by atoms with Crippen LogP contribution in [0, 0.1) is 0 Å². The van der Waals surface area contributed by atoms with Crippen molar-refractivity contribution in [2.45, 2.75) is 26.2 Å². The third-order valence-electron chi connectivity index (χ3n) is 1.76. The summed E-state index contributed by atoms with van der Waals surface area (Å²) < 4.78 is 7.00. The van der Waals surface area contributed by atoms with Gasteiger partial charge in [0.1, 0.15) is 0 Å². The first-order valence-corrected chi connectivity index (χ1v) is 3.45. The number of nitrogens with zero attached hydrogens (tertiary/aromatic N) is 1. The summed E-state index contributed by atoms with van der Waals surface area (Å²) in [6.45, 7) is 4.03. The molecule has 0 bridgehead atoms. The smallest absolute Gasteiger partial charge is 0.0243 e. The zero-order valence-electron chi connectivity index (χ0n) is 6.40. The van der Waals surface area contributed by atoms with E-state index in [0.717, 1.165) is 6.54 Å². The molecule has 1 saturated heterocycles. The Balaban J connectivity index is 2.08. The van der Waals surface area contributed by atoms with Crippen molar-refractivity contribution >= 4 is 0 Å². The second-order valence-corrected chi connectivity index (χ2v) is 2.40. The van der Waals surface area contributed by atoms with Gasteiger partial charge < -0.3 is 4.90 Å². The van der Waals surface area contributed by atoms with Crippen LogP contribution in [0.15, 0.2) is 0 Å². The molecule has 0 amide bonds. The Hall–Kier alpha value is -0.0400. The summed E-state index contributed by atoms with van der Waals surface area (Å²) in [5.41, 5.74) is 0. The quantitative estimate of drug-likeness (QED) is 0.499. The van der Waals surface area contributed by atoms with E-state index in [4.69, 9.17) is 1.37 Å². The molecule has 0 N–H and O–H groups in total. The second kappa shape index (κ2) is 3.08. The highest BCUT2D eigenvalue weighted by Crippen LogP contribution is 2.06. The maximum absolute atomic E-state index is 7.00. The first kappa shape index (κ1) is 4.80. The van der Waals surface area contributed by atoms with E-state index in [0.29, 0.717) is 6.90 Å². The molecule has 0 unspecified atom stereocenters. The zero-order valence-corrected chi connectivity index (χ0v) is 5.40. The lowest BCUT2D eigenvalue weighted by Gasteiger charge is -2.24. The summed E-state index contributed by atoms with van der Waals surface area (Å²) >= 11 is 0. The molecular formula is C7H15N. The van der Waals surface area contributed by atoms with Crippen molar-refractivity contribution in [3.05, 3.63) is 0 Å². The van der Waals surface area contributed by atoms with Gasteiger partial charge in [0.05, 0.1) is 0 Å². The van der Waals surface area contributed by atoms with Gasteiger partial charge in [0.25, 0.3) is 0 Å². The van der Waals surface area contributed by atoms with Crippen LogP contribution in [0.4, 0.5) is 0 Å². The van der Waals surface area contributed by atoms with Crippen LogP contribution in [0.3, 0.4) is 0 Å². The second-order valence-electron chi connectivity index (χ2n) is 2.40. The topological polar surface area (TPSA) is 3.24 Å². The van der Waals surface area contributed by atoms with E-state index in [1.807, 2.05) is 0 Å². The molecule has 0 spiro atoms. The minimum absolute atomic E-state index is 0.569. The molecule has 0 saturated carbocycles. The Bertz CT molecular complexity index is 66.6. The summed E-state index contributed by atoms with van der Waals surface area (Å²) in [4.78, 5) is 2.39. The molecule has 0 aliphatic carbocycles. The predicted octanol–water partition coefficient (Wildman–Crippen LogP) is 1.49. The van der Waals surface area contributed by atoms with Crippen molar-refractivity contribution in [1.29, 1.82) is 0 Å². The third-order valence-corrected chi connectivity index (χ3v) is 1.76. The van der Waals surface area contributed by atoms with Crippen LogP contribution in [0.1, 0.15) is 27.5 Å². The highest BCUT2D eigenvalue weighted by Gasteiger charge is 2.05. The Morgan fingerprint density at radius 3 is 2.75 bits per heavy atom. The molecule has 8 heavy (non-hydrogen) atoms. The fourth-order valence-corrected chi connectivity index (χ4v) is 1.18. The van der Waals surface area contributed by atoms with Crippen LogP contribution >= 0.6 is 0 Å². The molecule has 1 heteroatoms. The fourth-order valence-electron chi connectivity index (χ4n) is 1.18. The van der Waals surface area contributed by atoms with Gasteiger partial charge >= 0.3 is 0 Å². The van der Waals surface area contributed by atoms with E-state index in [-0.39, 0.29) is 0 Å². The van der Waals surface area contributed by atoms with Crippen LogP contribution in [0.2, 0.25) is 0 Å². The van der Waals surface area contributed by atoms with Gasteiger partial charge in [-0.05, 0) is 32.5 Å². The molecule has 1 rings (SSSR count). The molecular weight excluding hydrogens is 98.1 g/mol. The number of likely N-dealkylation sites (tertiary alicyclic amines) is 1. The first-order chi connectivity index (χ1) is 4.43. The number of piperidine rings is 1. The Kier molecular flexibility index (Phi) is 1.85. The minimum Gasteiger partial charge on any atom is -0.304 e. The largest absolute Gasteiger partial charge is 0.304 e. The van der Waals surface area contributed by atoms with Crippen molar-refractivity contribution in [3.8, 4) is 0 Å². The molecule has 0 aromatic carbocycles. The van der Waals surface area contributed by atoms with Crippen molar-refractivity contribution in [2.24, 2.45) is 0 Å². The highest BCUT2D eigenvalue weighted by molar-refractivity contribution is 4.61. The van der Waals surface area contributed by atoms with Gasteiger partial charge in [-0.1, -0.05) is 13.3 Å². The monoisotopic (exact) mass is 114 g/mol. The Morgan fingerprint density at radius 1 is 1.38 bits per heavy atom. The lowest BCUT2D eigenvalue weighted by Crippen LogP contribution is -2.29. The summed E-state index contributed by atoms with van der Waals surface area (Å²) in [6.07, 6.45) is 4.09. The van der Waals surface area contributed by atoms with Crippen molar-refractivity contribution in [2.75, 3.05) is 19.6 Å². The summed E-state index contributed by atoms with van der Waals surface area (Å²) in [6, 6.07) is 0. The number of hydrogen-bond donors (Lipinski definition) is 0. The maximum Gasteiger partial charge on any atom is 0.0243 e. The van der Waals surface area contributed by atoms with Crippen LogP contribution in [0.25, 0.3) is 0 Å². The normalized spacial score (nSPS) is 25.2. The van der Waals surface area contributed by atoms with Crippen LogP contribution < -0.4 is 0 Å². The summed E-state index contributed by atoms with van der Waals surface area (Å²) in [5, 5.41) is 0. The van der Waals surface area contributed by atoms with Gasteiger partial charge in [-0.3, -0.25) is 0 Å². The molecule has 1 aliphatic heterocycles. The van der Waals surface area contributed by atoms with Gasteiger partial charge in [-0.2, -0.15) is 0 Å². The van der Waals surface area contributed by atoms with Crippen LogP contribution in [-0.2, 0) is 0 Å². The standard InChI is InChI=1S/C7H15N/c1-2-8-6-4-3-5-7-8/h2-7H2,1H3/i1D. The van der Waals surface area contributed by atoms with Gasteiger partial charge in [0.2, 0.25) is 0 Å². The zero-order chi connectivity index (χ0) is 6.53.